The lowest BCUT2D eigenvalue weighted by Crippen LogP contribution is -2.25. The Morgan fingerprint density at radius 1 is 0.867 bits per heavy atom. The van der Waals surface area contributed by atoms with Gasteiger partial charge in [0, 0.05) is 0 Å². The van der Waals surface area contributed by atoms with E-state index in [-0.39, 0.29) is 6.61 Å². The first-order valence-corrected chi connectivity index (χ1v) is 10.1. The Bertz CT molecular complexity index is 1100. The summed E-state index contributed by atoms with van der Waals surface area (Å²) in [4.78, 5) is 4.71. The summed E-state index contributed by atoms with van der Waals surface area (Å²) in [6.45, 7) is 4.92. The molecule has 30 heavy (non-hydrogen) atoms. The van der Waals surface area contributed by atoms with Gasteiger partial charge in [-0.1, -0.05) is 48.5 Å². The molecule has 0 amide bonds. The topological polar surface area (TPSA) is 56.5 Å². The van der Waals surface area contributed by atoms with Crippen molar-refractivity contribution in [3.05, 3.63) is 89.7 Å². The van der Waals surface area contributed by atoms with Crippen molar-refractivity contribution in [1.29, 1.82) is 0 Å². The Labute approximate surface area is 176 Å². The van der Waals surface area contributed by atoms with E-state index in [2.05, 4.69) is 0 Å². The number of fused-ring (bicyclic) bond motifs is 1. The summed E-state index contributed by atoms with van der Waals surface area (Å²) in [7, 11) is 0. The molecule has 1 atom stereocenters. The van der Waals surface area contributed by atoms with Gasteiger partial charge >= 0.3 is 0 Å². The van der Waals surface area contributed by atoms with Crippen LogP contribution in [0.15, 0.2) is 72.8 Å². The van der Waals surface area contributed by atoms with E-state index in [0.29, 0.717) is 13.2 Å². The van der Waals surface area contributed by atoms with E-state index in [9.17, 15) is 5.11 Å². The summed E-state index contributed by atoms with van der Waals surface area (Å²) < 4.78 is 13.9. The van der Waals surface area contributed by atoms with E-state index in [1.54, 1.807) is 0 Å². The number of aliphatic hydroxyl groups excluding tert-OH is 1. The molecule has 0 fully saturated rings. The largest absolute Gasteiger partial charge is 0.490 e. The first-order valence-electron chi connectivity index (χ1n) is 10.1. The van der Waals surface area contributed by atoms with Crippen LogP contribution in [-0.4, -0.2) is 27.4 Å². The number of ether oxygens (including phenoxy) is 2. The molecule has 0 bridgehead atoms. The number of benzene rings is 3. The lowest BCUT2D eigenvalue weighted by molar-refractivity contribution is 0.0911. The first kappa shape index (κ1) is 20.0. The van der Waals surface area contributed by atoms with Gasteiger partial charge in [0.1, 0.15) is 36.6 Å². The van der Waals surface area contributed by atoms with Crippen LogP contribution in [0, 0.1) is 13.8 Å². The van der Waals surface area contributed by atoms with Gasteiger partial charge in [-0.3, -0.25) is 0 Å². The highest BCUT2D eigenvalue weighted by atomic mass is 16.5. The lowest BCUT2D eigenvalue weighted by Gasteiger charge is -2.18. The van der Waals surface area contributed by atoms with Crippen LogP contribution in [-0.2, 0) is 13.2 Å². The smallest absolute Gasteiger partial charge is 0.148 e. The molecule has 1 aromatic heterocycles. The maximum absolute atomic E-state index is 10.7. The minimum Gasteiger partial charge on any atom is -0.490 e. The number of rotatable bonds is 8. The Kier molecular flexibility index (Phi) is 6.00. The van der Waals surface area contributed by atoms with E-state index < -0.39 is 6.10 Å². The highest BCUT2D eigenvalue weighted by molar-refractivity contribution is 5.75. The third-order valence-electron chi connectivity index (χ3n) is 5.07. The van der Waals surface area contributed by atoms with Gasteiger partial charge in [0.25, 0.3) is 0 Å². The molecule has 5 nitrogen and oxygen atoms in total. The van der Waals surface area contributed by atoms with Crippen molar-refractivity contribution < 1.29 is 14.6 Å². The molecule has 154 valence electrons. The first-order chi connectivity index (χ1) is 14.6. The standard InChI is InChI=1S/C25H26N2O3/c1-18-9-8-10-19(2)25(18)30-16-20(28)15-27-23-14-7-6-13-22(23)26-24(27)17-29-21-11-4-3-5-12-21/h3-14,20,28H,15-17H2,1-2H3. The molecule has 1 heterocycles. The number of imidazole rings is 1. The molecule has 0 aliphatic carbocycles. The van der Waals surface area contributed by atoms with Crippen LogP contribution in [0.3, 0.4) is 0 Å². The Balaban J connectivity index is 1.50. The third-order valence-corrected chi connectivity index (χ3v) is 5.07. The van der Waals surface area contributed by atoms with Crippen molar-refractivity contribution in [2.45, 2.75) is 33.1 Å². The molecule has 1 unspecified atom stereocenters. The van der Waals surface area contributed by atoms with Gasteiger partial charge in [-0.2, -0.15) is 0 Å². The van der Waals surface area contributed by atoms with Gasteiger partial charge in [0.05, 0.1) is 17.6 Å². The Hall–Kier alpha value is -3.31. The fourth-order valence-electron chi connectivity index (χ4n) is 3.57. The second kappa shape index (κ2) is 9.01. The molecular formula is C25H26N2O3. The number of nitrogens with zero attached hydrogens (tertiary/aromatic N) is 2. The number of aryl methyl sites for hydroxylation is 2. The molecular weight excluding hydrogens is 376 g/mol. The van der Waals surface area contributed by atoms with Crippen molar-refractivity contribution in [2.75, 3.05) is 6.61 Å². The third kappa shape index (κ3) is 4.47. The monoisotopic (exact) mass is 402 g/mol. The second-order valence-electron chi connectivity index (χ2n) is 7.41. The van der Waals surface area contributed by atoms with Crippen molar-refractivity contribution in [3.8, 4) is 11.5 Å². The van der Waals surface area contributed by atoms with Gasteiger partial charge in [0.2, 0.25) is 0 Å². The van der Waals surface area contributed by atoms with Crippen molar-refractivity contribution in [2.24, 2.45) is 0 Å². The molecule has 0 spiro atoms. The zero-order valence-corrected chi connectivity index (χ0v) is 17.3. The zero-order valence-electron chi connectivity index (χ0n) is 17.3. The molecule has 3 aromatic carbocycles. The molecule has 0 aliphatic heterocycles. The lowest BCUT2D eigenvalue weighted by atomic mass is 10.1. The van der Waals surface area contributed by atoms with E-state index in [1.807, 2.05) is 91.2 Å². The van der Waals surface area contributed by atoms with Crippen LogP contribution in [0.4, 0.5) is 0 Å². The van der Waals surface area contributed by atoms with Crippen LogP contribution < -0.4 is 9.47 Å². The van der Waals surface area contributed by atoms with Gasteiger partial charge in [0.15, 0.2) is 0 Å². The average Bonchev–Trinajstić information content (AvgIpc) is 3.10. The molecule has 0 radical (unpaired) electrons. The summed E-state index contributed by atoms with van der Waals surface area (Å²) in [5.74, 6) is 2.39. The molecule has 5 heteroatoms. The van der Waals surface area contributed by atoms with Gasteiger partial charge in [-0.05, 0) is 49.2 Å². The highest BCUT2D eigenvalue weighted by Gasteiger charge is 2.16. The van der Waals surface area contributed by atoms with Crippen LogP contribution in [0.1, 0.15) is 17.0 Å². The number of aromatic nitrogens is 2. The summed E-state index contributed by atoms with van der Waals surface area (Å²) in [5.41, 5.74) is 3.97. The van der Waals surface area contributed by atoms with Crippen molar-refractivity contribution >= 4 is 11.0 Å². The van der Waals surface area contributed by atoms with E-state index in [1.165, 1.54) is 0 Å². The summed E-state index contributed by atoms with van der Waals surface area (Å²) in [6, 6.07) is 23.6. The van der Waals surface area contributed by atoms with Crippen LogP contribution in [0.5, 0.6) is 11.5 Å². The van der Waals surface area contributed by atoms with Gasteiger partial charge in [-0.25, -0.2) is 4.98 Å². The normalized spacial score (nSPS) is 12.1. The Morgan fingerprint density at radius 2 is 1.57 bits per heavy atom. The molecule has 4 aromatic rings. The fourth-order valence-corrected chi connectivity index (χ4v) is 3.57. The Morgan fingerprint density at radius 3 is 2.33 bits per heavy atom. The minimum atomic E-state index is -0.683. The summed E-state index contributed by atoms with van der Waals surface area (Å²) in [5, 5.41) is 10.7. The summed E-state index contributed by atoms with van der Waals surface area (Å²) >= 11 is 0. The maximum Gasteiger partial charge on any atom is 0.148 e. The van der Waals surface area contributed by atoms with Crippen LogP contribution in [0.2, 0.25) is 0 Å². The second-order valence-corrected chi connectivity index (χ2v) is 7.41. The van der Waals surface area contributed by atoms with Crippen molar-refractivity contribution in [3.63, 3.8) is 0 Å². The molecule has 1 N–H and O–H groups in total. The summed E-state index contributed by atoms with van der Waals surface area (Å²) in [6.07, 6.45) is -0.683. The average molecular weight is 402 g/mol. The molecule has 0 saturated heterocycles. The van der Waals surface area contributed by atoms with Crippen molar-refractivity contribution in [1.82, 2.24) is 9.55 Å². The predicted octanol–water partition coefficient (Wildman–Crippen LogP) is 4.67. The van der Waals surface area contributed by atoms with Gasteiger partial charge in [-0.15, -0.1) is 0 Å². The quantitative estimate of drug-likeness (QED) is 0.465. The number of para-hydroxylation sites is 4. The molecule has 0 aliphatic rings. The minimum absolute atomic E-state index is 0.206. The maximum atomic E-state index is 10.7. The molecule has 4 rings (SSSR count). The zero-order chi connectivity index (χ0) is 20.9. The van der Waals surface area contributed by atoms with Crippen LogP contribution >= 0.6 is 0 Å². The van der Waals surface area contributed by atoms with E-state index >= 15 is 0 Å². The predicted molar refractivity (Wildman–Crippen MR) is 118 cm³/mol. The van der Waals surface area contributed by atoms with Gasteiger partial charge < -0.3 is 19.1 Å². The fraction of sp³-hybridized carbons (Fsp3) is 0.240. The highest BCUT2D eigenvalue weighted by Crippen LogP contribution is 2.23. The van der Waals surface area contributed by atoms with E-state index in [4.69, 9.17) is 14.5 Å². The SMILES string of the molecule is Cc1cccc(C)c1OCC(O)Cn1c(COc2ccccc2)nc2ccccc21. The number of aliphatic hydroxyl groups is 1. The van der Waals surface area contributed by atoms with E-state index in [0.717, 1.165) is 39.5 Å². The molecule has 0 saturated carbocycles. The van der Waals surface area contributed by atoms with Crippen LogP contribution in [0.25, 0.3) is 11.0 Å². The number of hydrogen-bond acceptors (Lipinski definition) is 4. The number of hydrogen-bond donors (Lipinski definition) is 1.